The van der Waals surface area contributed by atoms with Gasteiger partial charge in [0.25, 0.3) is 0 Å². The van der Waals surface area contributed by atoms with Crippen molar-refractivity contribution in [2.75, 3.05) is 45.1 Å². The maximum atomic E-state index is 11.9. The van der Waals surface area contributed by atoms with Crippen LogP contribution < -0.4 is 14.8 Å². The highest BCUT2D eigenvalue weighted by molar-refractivity contribution is 7.99. The lowest BCUT2D eigenvalue weighted by molar-refractivity contribution is -0.120. The Labute approximate surface area is 152 Å². The number of hydrogen-bond acceptors (Lipinski definition) is 6. The Morgan fingerprint density at radius 1 is 1.32 bits per heavy atom. The van der Waals surface area contributed by atoms with Crippen LogP contribution in [0.25, 0.3) is 0 Å². The average Bonchev–Trinajstić information content (AvgIpc) is 2.62. The van der Waals surface area contributed by atoms with E-state index in [-0.39, 0.29) is 12.0 Å². The molecule has 0 bridgehead atoms. The van der Waals surface area contributed by atoms with Crippen LogP contribution in [0.4, 0.5) is 0 Å². The fourth-order valence-electron chi connectivity index (χ4n) is 3.05. The van der Waals surface area contributed by atoms with E-state index < -0.39 is 0 Å². The quantitative estimate of drug-likeness (QED) is 0.713. The minimum Gasteiger partial charge on any atom is -0.486 e. The van der Waals surface area contributed by atoms with Gasteiger partial charge >= 0.3 is 0 Å². The number of amides is 1. The number of carbonyl (C=O) groups excluding carboxylic acids is 1. The molecule has 2 aliphatic heterocycles. The van der Waals surface area contributed by atoms with E-state index in [0.717, 1.165) is 54.6 Å². The Morgan fingerprint density at radius 3 is 3.00 bits per heavy atom. The first-order valence-corrected chi connectivity index (χ1v) is 9.89. The molecule has 1 aromatic carbocycles. The molecular weight excluding hydrogens is 340 g/mol. The third kappa shape index (κ3) is 5.80. The fraction of sp³-hybridized carbons (Fsp3) is 0.611. The molecule has 0 aliphatic carbocycles. The van der Waals surface area contributed by atoms with Gasteiger partial charge in [-0.3, -0.25) is 9.69 Å². The number of nitrogens with zero attached hydrogens (tertiary/aromatic N) is 1. The van der Waals surface area contributed by atoms with Gasteiger partial charge in [-0.2, -0.15) is 0 Å². The molecule has 138 valence electrons. The summed E-state index contributed by atoms with van der Waals surface area (Å²) in [5.74, 6) is 2.37. The van der Waals surface area contributed by atoms with Gasteiger partial charge in [-0.1, -0.05) is 0 Å². The first-order valence-electron chi connectivity index (χ1n) is 8.90. The number of ether oxygens (including phenoxy) is 2. The average molecular weight is 366 g/mol. The Bertz CT molecular complexity index is 584. The van der Waals surface area contributed by atoms with E-state index in [9.17, 15) is 9.90 Å². The van der Waals surface area contributed by atoms with Crippen molar-refractivity contribution < 1.29 is 19.4 Å². The lowest BCUT2D eigenvalue weighted by Gasteiger charge is -2.29. The van der Waals surface area contributed by atoms with E-state index in [4.69, 9.17) is 9.47 Å². The summed E-state index contributed by atoms with van der Waals surface area (Å²) >= 11 is 1.64. The maximum Gasteiger partial charge on any atom is 0.220 e. The van der Waals surface area contributed by atoms with E-state index in [1.54, 1.807) is 11.8 Å². The highest BCUT2D eigenvalue weighted by Gasteiger charge is 2.17. The van der Waals surface area contributed by atoms with E-state index in [1.807, 2.05) is 18.2 Å². The molecule has 0 radical (unpaired) electrons. The molecule has 2 N–H and O–H groups in total. The van der Waals surface area contributed by atoms with Crippen LogP contribution in [0.2, 0.25) is 0 Å². The number of carbonyl (C=O) groups is 1. The number of hydrogen-bond donors (Lipinski definition) is 2. The second-order valence-electron chi connectivity index (χ2n) is 6.35. The topological polar surface area (TPSA) is 71.0 Å². The summed E-state index contributed by atoms with van der Waals surface area (Å²) in [4.78, 5) is 15.2. The molecule has 1 saturated heterocycles. The van der Waals surface area contributed by atoms with Gasteiger partial charge in [-0.05, 0) is 37.6 Å². The van der Waals surface area contributed by atoms with Crippen molar-refractivity contribution >= 4 is 17.7 Å². The fourth-order valence-corrected chi connectivity index (χ4v) is 3.93. The molecule has 3 rings (SSSR count). The smallest absolute Gasteiger partial charge is 0.220 e. The predicted octanol–water partition coefficient (Wildman–Crippen LogP) is 1.51. The summed E-state index contributed by atoms with van der Waals surface area (Å²) in [6, 6.07) is 5.89. The Balaban J connectivity index is 1.31. The lowest BCUT2D eigenvalue weighted by Crippen LogP contribution is -2.42. The van der Waals surface area contributed by atoms with Crippen LogP contribution >= 0.6 is 11.8 Å². The number of fused-ring (bicyclic) bond motifs is 1. The zero-order valence-electron chi connectivity index (χ0n) is 14.4. The summed E-state index contributed by atoms with van der Waals surface area (Å²) < 4.78 is 11.1. The minimum absolute atomic E-state index is 0.0719. The van der Waals surface area contributed by atoms with E-state index in [1.165, 1.54) is 0 Å². The molecule has 25 heavy (non-hydrogen) atoms. The van der Waals surface area contributed by atoms with Crippen molar-refractivity contribution in [3.8, 4) is 11.5 Å². The molecule has 1 aromatic rings. The van der Waals surface area contributed by atoms with Gasteiger partial charge in [0.1, 0.15) is 13.2 Å². The van der Waals surface area contributed by atoms with Crippen molar-refractivity contribution in [2.45, 2.75) is 30.3 Å². The molecule has 7 heteroatoms. The van der Waals surface area contributed by atoms with Gasteiger partial charge in [0, 0.05) is 36.7 Å². The molecule has 1 amide bonds. The third-order valence-electron chi connectivity index (χ3n) is 4.34. The van der Waals surface area contributed by atoms with Crippen LogP contribution in [-0.2, 0) is 4.79 Å². The highest BCUT2D eigenvalue weighted by Crippen LogP contribution is 2.34. The first kappa shape index (κ1) is 18.4. The van der Waals surface area contributed by atoms with Crippen LogP contribution in [0, 0.1) is 0 Å². The van der Waals surface area contributed by atoms with Crippen molar-refractivity contribution in [1.29, 1.82) is 0 Å². The van der Waals surface area contributed by atoms with Crippen molar-refractivity contribution in [2.24, 2.45) is 0 Å². The zero-order chi connectivity index (χ0) is 17.5. The van der Waals surface area contributed by atoms with Crippen molar-refractivity contribution in [3.63, 3.8) is 0 Å². The molecular formula is C18H26N2O4S. The van der Waals surface area contributed by atoms with E-state index >= 15 is 0 Å². The molecule has 1 atom stereocenters. The molecule has 0 saturated carbocycles. The number of thioether (sulfide) groups is 1. The summed E-state index contributed by atoms with van der Waals surface area (Å²) in [5, 5.41) is 12.6. The number of likely N-dealkylation sites (tertiary alicyclic amines) is 1. The summed E-state index contributed by atoms with van der Waals surface area (Å²) in [7, 11) is 0. The lowest BCUT2D eigenvalue weighted by atomic mass is 10.1. The SMILES string of the molecule is O=C(CCSc1ccc2c(c1)OCCO2)NCCN1CCCC(O)C1. The number of β-amino-alcohol motifs (C(OH)–C–C–N with tert-alkyl or cyclic N) is 1. The Morgan fingerprint density at radius 2 is 2.16 bits per heavy atom. The van der Waals surface area contributed by atoms with Crippen LogP contribution in [0.15, 0.2) is 23.1 Å². The summed E-state index contributed by atoms with van der Waals surface area (Å²) in [5.41, 5.74) is 0. The van der Waals surface area contributed by atoms with Gasteiger partial charge < -0.3 is 19.9 Å². The maximum absolute atomic E-state index is 11.9. The van der Waals surface area contributed by atoms with Gasteiger partial charge in [0.2, 0.25) is 5.91 Å². The monoisotopic (exact) mass is 366 g/mol. The molecule has 0 aromatic heterocycles. The second-order valence-corrected chi connectivity index (χ2v) is 7.52. The van der Waals surface area contributed by atoms with Gasteiger partial charge in [0.05, 0.1) is 6.10 Å². The van der Waals surface area contributed by atoms with Crippen molar-refractivity contribution in [3.05, 3.63) is 18.2 Å². The summed E-state index contributed by atoms with van der Waals surface area (Å²) in [6.45, 7) is 4.34. The molecule has 2 aliphatic rings. The number of nitrogens with one attached hydrogen (secondary N) is 1. The van der Waals surface area contributed by atoms with Crippen LogP contribution in [0.5, 0.6) is 11.5 Å². The van der Waals surface area contributed by atoms with E-state index in [0.29, 0.717) is 26.2 Å². The van der Waals surface area contributed by atoms with Crippen LogP contribution in [0.1, 0.15) is 19.3 Å². The third-order valence-corrected chi connectivity index (χ3v) is 5.34. The predicted molar refractivity (Wildman–Crippen MR) is 97.5 cm³/mol. The molecule has 0 spiro atoms. The normalized spacial score (nSPS) is 20.3. The van der Waals surface area contributed by atoms with E-state index in [2.05, 4.69) is 10.2 Å². The number of rotatable bonds is 7. The van der Waals surface area contributed by atoms with Crippen molar-refractivity contribution in [1.82, 2.24) is 10.2 Å². The number of aliphatic hydroxyl groups excluding tert-OH is 1. The van der Waals surface area contributed by atoms with Gasteiger partial charge in [-0.25, -0.2) is 0 Å². The minimum atomic E-state index is -0.216. The van der Waals surface area contributed by atoms with Crippen LogP contribution in [0.3, 0.4) is 0 Å². The second kappa shape index (κ2) is 9.31. The number of benzene rings is 1. The number of piperidine rings is 1. The summed E-state index contributed by atoms with van der Waals surface area (Å²) in [6.07, 6.45) is 2.19. The molecule has 1 fully saturated rings. The molecule has 1 unspecified atom stereocenters. The zero-order valence-corrected chi connectivity index (χ0v) is 15.2. The van der Waals surface area contributed by atoms with Gasteiger partial charge in [0.15, 0.2) is 11.5 Å². The number of aliphatic hydroxyl groups is 1. The van der Waals surface area contributed by atoms with Crippen LogP contribution in [-0.4, -0.2) is 67.2 Å². The largest absolute Gasteiger partial charge is 0.486 e. The first-order chi connectivity index (χ1) is 12.2. The molecule has 2 heterocycles. The highest BCUT2D eigenvalue weighted by atomic mass is 32.2. The standard InChI is InChI=1S/C18H26N2O4S/c21-14-2-1-7-20(13-14)8-6-19-18(22)5-11-25-15-3-4-16-17(12-15)24-10-9-23-16/h3-4,12,14,21H,1-2,5-11,13H2,(H,19,22). The Kier molecular flexibility index (Phi) is 6.84. The Hall–Kier alpha value is -1.44. The molecule has 6 nitrogen and oxygen atoms in total. The van der Waals surface area contributed by atoms with Gasteiger partial charge in [-0.15, -0.1) is 11.8 Å².